The fourth-order valence-electron chi connectivity index (χ4n) is 3.13. The van der Waals surface area contributed by atoms with Crippen molar-refractivity contribution in [3.63, 3.8) is 0 Å². The van der Waals surface area contributed by atoms with Crippen molar-refractivity contribution >= 4 is 33.1 Å². The van der Waals surface area contributed by atoms with Crippen molar-refractivity contribution in [1.82, 2.24) is 0 Å². The van der Waals surface area contributed by atoms with E-state index in [1.54, 1.807) is 6.07 Å². The molecule has 0 fully saturated rings. The van der Waals surface area contributed by atoms with Gasteiger partial charge < -0.3 is 0 Å². The standard InChI is InChI=1S/C25H16O2/c26-22(15-10-18-6-2-1-3-7-18)17-25(27)21-14-13-20-12-11-19-8-4-5-9-23(19)24(20)16-21/h1-9,11-14,16H,17H2. The molecular weight excluding hydrogens is 332 g/mol. The lowest BCUT2D eigenvalue weighted by molar-refractivity contribution is -0.113. The molecule has 0 aliphatic heterocycles. The lowest BCUT2D eigenvalue weighted by atomic mass is 9.97. The van der Waals surface area contributed by atoms with Gasteiger partial charge in [-0.2, -0.15) is 0 Å². The van der Waals surface area contributed by atoms with Crippen molar-refractivity contribution in [3.05, 3.63) is 96.1 Å². The van der Waals surface area contributed by atoms with Gasteiger partial charge in [-0.3, -0.25) is 9.59 Å². The van der Waals surface area contributed by atoms with Crippen LogP contribution in [0.2, 0.25) is 0 Å². The highest BCUT2D eigenvalue weighted by molar-refractivity contribution is 6.16. The molecule has 4 rings (SSSR count). The zero-order valence-electron chi connectivity index (χ0n) is 14.6. The molecule has 128 valence electrons. The molecule has 0 amide bonds. The minimum absolute atomic E-state index is 0.211. The van der Waals surface area contributed by atoms with Gasteiger partial charge in [-0.25, -0.2) is 0 Å². The molecule has 0 aliphatic rings. The third-order valence-electron chi connectivity index (χ3n) is 4.51. The summed E-state index contributed by atoms with van der Waals surface area (Å²) in [6, 6.07) is 27.0. The second-order valence-electron chi connectivity index (χ2n) is 6.36. The van der Waals surface area contributed by atoms with Gasteiger partial charge in [0.25, 0.3) is 0 Å². The Morgan fingerprint density at radius 2 is 1.37 bits per heavy atom. The van der Waals surface area contributed by atoms with Crippen LogP contribution in [-0.2, 0) is 4.79 Å². The Hall–Kier alpha value is -3.70. The van der Waals surface area contributed by atoms with Crippen LogP contribution in [0.25, 0.3) is 21.5 Å². The Kier molecular flexibility index (Phi) is 4.51. The van der Waals surface area contributed by atoms with Crippen LogP contribution in [0.15, 0.2) is 84.9 Å². The van der Waals surface area contributed by atoms with Gasteiger partial charge in [0.15, 0.2) is 5.78 Å². The quantitative estimate of drug-likeness (QED) is 0.221. The molecule has 0 aromatic heterocycles. The Morgan fingerprint density at radius 3 is 2.19 bits per heavy atom. The second-order valence-corrected chi connectivity index (χ2v) is 6.36. The molecule has 0 saturated carbocycles. The van der Waals surface area contributed by atoms with Gasteiger partial charge in [0.05, 0.1) is 6.42 Å². The summed E-state index contributed by atoms with van der Waals surface area (Å²) in [5, 5.41) is 4.31. The van der Waals surface area contributed by atoms with Crippen LogP contribution in [0, 0.1) is 11.8 Å². The maximum Gasteiger partial charge on any atom is 0.213 e. The zero-order valence-corrected chi connectivity index (χ0v) is 14.6. The smallest absolute Gasteiger partial charge is 0.213 e. The van der Waals surface area contributed by atoms with Gasteiger partial charge in [0.1, 0.15) is 0 Å². The molecule has 0 radical (unpaired) electrons. The second kappa shape index (κ2) is 7.27. The third-order valence-corrected chi connectivity index (χ3v) is 4.51. The molecule has 0 aliphatic carbocycles. The van der Waals surface area contributed by atoms with Crippen molar-refractivity contribution in [2.75, 3.05) is 0 Å². The Labute approximate surface area is 157 Å². The van der Waals surface area contributed by atoms with E-state index < -0.39 is 0 Å². The van der Waals surface area contributed by atoms with Crippen molar-refractivity contribution in [2.24, 2.45) is 0 Å². The molecule has 2 heteroatoms. The average Bonchev–Trinajstić information content (AvgIpc) is 2.72. The van der Waals surface area contributed by atoms with Gasteiger partial charge in [0.2, 0.25) is 5.78 Å². The molecule has 0 atom stereocenters. The summed E-state index contributed by atoms with van der Waals surface area (Å²) in [5.74, 6) is 4.78. The van der Waals surface area contributed by atoms with Crippen LogP contribution in [0.3, 0.4) is 0 Å². The van der Waals surface area contributed by atoms with Crippen molar-refractivity contribution in [3.8, 4) is 11.8 Å². The van der Waals surface area contributed by atoms with E-state index in [2.05, 4.69) is 17.9 Å². The third kappa shape index (κ3) is 3.63. The first-order valence-corrected chi connectivity index (χ1v) is 8.75. The van der Waals surface area contributed by atoms with E-state index in [-0.39, 0.29) is 18.0 Å². The van der Waals surface area contributed by atoms with Crippen LogP contribution < -0.4 is 0 Å². The normalized spacial score (nSPS) is 10.4. The summed E-state index contributed by atoms with van der Waals surface area (Å²) in [6.45, 7) is 0. The molecule has 0 spiro atoms. The van der Waals surface area contributed by atoms with E-state index in [1.807, 2.05) is 72.8 Å². The zero-order chi connectivity index (χ0) is 18.6. The maximum atomic E-state index is 12.6. The molecule has 4 aromatic carbocycles. The monoisotopic (exact) mass is 348 g/mol. The Morgan fingerprint density at radius 1 is 0.704 bits per heavy atom. The number of Topliss-reactive ketones (excluding diaryl/α,β-unsaturated/α-hetero) is 2. The molecule has 0 heterocycles. The molecule has 0 N–H and O–H groups in total. The molecule has 27 heavy (non-hydrogen) atoms. The van der Waals surface area contributed by atoms with Crippen LogP contribution >= 0.6 is 0 Å². The molecule has 2 nitrogen and oxygen atoms in total. The number of rotatable bonds is 3. The van der Waals surface area contributed by atoms with E-state index in [4.69, 9.17) is 0 Å². The van der Waals surface area contributed by atoms with E-state index in [9.17, 15) is 9.59 Å². The highest BCUT2D eigenvalue weighted by Gasteiger charge is 2.11. The topological polar surface area (TPSA) is 34.1 Å². The van der Waals surface area contributed by atoms with E-state index in [0.717, 1.165) is 27.1 Å². The summed E-state index contributed by atoms with van der Waals surface area (Å²) >= 11 is 0. The first kappa shape index (κ1) is 16.8. The predicted octanol–water partition coefficient (Wildman–Crippen LogP) is 5.19. The summed E-state index contributed by atoms with van der Waals surface area (Å²) in [5.41, 5.74) is 1.30. The van der Waals surface area contributed by atoms with Crippen molar-refractivity contribution in [2.45, 2.75) is 6.42 Å². The first-order chi connectivity index (χ1) is 13.2. The van der Waals surface area contributed by atoms with Gasteiger partial charge in [-0.05, 0) is 45.7 Å². The van der Waals surface area contributed by atoms with Gasteiger partial charge >= 0.3 is 0 Å². The van der Waals surface area contributed by atoms with E-state index in [0.29, 0.717) is 5.56 Å². The van der Waals surface area contributed by atoms with Crippen LogP contribution in [-0.4, -0.2) is 11.6 Å². The molecule has 0 bridgehead atoms. The van der Waals surface area contributed by atoms with Gasteiger partial charge in [-0.15, -0.1) is 0 Å². The number of hydrogen-bond acceptors (Lipinski definition) is 2. The number of carbonyl (C=O) groups is 2. The lowest BCUT2D eigenvalue weighted by Crippen LogP contribution is -2.06. The lowest BCUT2D eigenvalue weighted by Gasteiger charge is -2.06. The number of carbonyl (C=O) groups excluding carboxylic acids is 2. The fraction of sp³-hybridized carbons (Fsp3) is 0.0400. The average molecular weight is 348 g/mol. The number of ketones is 2. The predicted molar refractivity (Wildman–Crippen MR) is 109 cm³/mol. The van der Waals surface area contributed by atoms with Crippen LogP contribution in [0.5, 0.6) is 0 Å². The summed E-state index contributed by atoms with van der Waals surface area (Å²) in [7, 11) is 0. The van der Waals surface area contributed by atoms with Gasteiger partial charge in [0, 0.05) is 11.1 Å². The number of benzene rings is 4. The van der Waals surface area contributed by atoms with Crippen LogP contribution in [0.1, 0.15) is 22.3 Å². The molecule has 0 saturated heterocycles. The minimum atomic E-state index is -0.373. The maximum absolute atomic E-state index is 12.6. The fourth-order valence-corrected chi connectivity index (χ4v) is 3.13. The highest BCUT2D eigenvalue weighted by Crippen LogP contribution is 2.26. The molecule has 4 aromatic rings. The summed E-state index contributed by atoms with van der Waals surface area (Å²) < 4.78 is 0. The molecule has 0 unspecified atom stereocenters. The van der Waals surface area contributed by atoms with Crippen LogP contribution in [0.4, 0.5) is 0 Å². The Bertz CT molecular complexity index is 1220. The largest absolute Gasteiger partial charge is 0.294 e. The van der Waals surface area contributed by atoms with E-state index >= 15 is 0 Å². The first-order valence-electron chi connectivity index (χ1n) is 8.75. The van der Waals surface area contributed by atoms with E-state index in [1.165, 1.54) is 0 Å². The van der Waals surface area contributed by atoms with Crippen molar-refractivity contribution < 1.29 is 9.59 Å². The summed E-state index contributed by atoms with van der Waals surface area (Å²) in [6.07, 6.45) is -0.212. The molecular formula is C25H16O2. The SMILES string of the molecule is O=C(C#Cc1ccccc1)CC(=O)c1ccc2ccc3ccccc3c2c1. The van der Waals surface area contributed by atoms with Gasteiger partial charge in [-0.1, -0.05) is 72.7 Å². The Balaban J connectivity index is 1.60. The summed E-state index contributed by atoms with van der Waals surface area (Å²) in [4.78, 5) is 24.6. The number of fused-ring (bicyclic) bond motifs is 3. The minimum Gasteiger partial charge on any atom is -0.294 e. The number of hydrogen-bond donors (Lipinski definition) is 0. The highest BCUT2D eigenvalue weighted by atomic mass is 16.1. The van der Waals surface area contributed by atoms with Crippen molar-refractivity contribution in [1.29, 1.82) is 0 Å².